The highest BCUT2D eigenvalue weighted by Crippen LogP contribution is 2.16. The maximum atomic E-state index is 4.66. The molecule has 2 heterocycles. The molecule has 1 aromatic rings. The molecule has 7 heteroatoms. The lowest BCUT2D eigenvalue weighted by Gasteiger charge is -2.34. The number of aryl methyl sites for hydroxylation is 2. The molecular formula is C17H32N6S. The highest BCUT2D eigenvalue weighted by molar-refractivity contribution is 7.11. The van der Waals surface area contributed by atoms with Crippen molar-refractivity contribution < 1.29 is 0 Å². The monoisotopic (exact) mass is 352 g/mol. The second-order valence-corrected chi connectivity index (χ2v) is 7.43. The van der Waals surface area contributed by atoms with Gasteiger partial charge >= 0.3 is 0 Å². The zero-order valence-corrected chi connectivity index (χ0v) is 16.4. The molecule has 0 amide bonds. The number of aromatic nitrogens is 1. The van der Waals surface area contributed by atoms with E-state index in [-0.39, 0.29) is 0 Å². The van der Waals surface area contributed by atoms with Crippen molar-refractivity contribution in [2.45, 2.75) is 34.2 Å². The lowest BCUT2D eigenvalue weighted by molar-refractivity contribution is 0.139. The van der Waals surface area contributed by atoms with E-state index in [0.717, 1.165) is 36.3 Å². The van der Waals surface area contributed by atoms with E-state index in [1.807, 2.05) is 0 Å². The van der Waals surface area contributed by atoms with Gasteiger partial charge in [0.2, 0.25) is 0 Å². The number of aliphatic imine (C=N–C) groups is 1. The van der Waals surface area contributed by atoms with E-state index in [0.29, 0.717) is 6.54 Å². The Hall–Kier alpha value is -1.18. The fourth-order valence-electron chi connectivity index (χ4n) is 2.76. The van der Waals surface area contributed by atoms with Gasteiger partial charge in [0.1, 0.15) is 5.01 Å². The third kappa shape index (κ3) is 6.03. The van der Waals surface area contributed by atoms with E-state index in [2.05, 4.69) is 58.1 Å². The molecule has 1 aliphatic rings. The smallest absolute Gasteiger partial charge is 0.191 e. The van der Waals surface area contributed by atoms with Crippen LogP contribution in [0.4, 0.5) is 0 Å². The highest BCUT2D eigenvalue weighted by atomic mass is 32.1. The van der Waals surface area contributed by atoms with E-state index in [9.17, 15) is 0 Å². The van der Waals surface area contributed by atoms with E-state index in [1.165, 1.54) is 37.6 Å². The van der Waals surface area contributed by atoms with Crippen molar-refractivity contribution in [1.29, 1.82) is 0 Å². The van der Waals surface area contributed by atoms with Gasteiger partial charge in [0.05, 0.1) is 12.2 Å². The van der Waals surface area contributed by atoms with Crippen molar-refractivity contribution >= 4 is 17.3 Å². The number of hydrogen-bond donors (Lipinski definition) is 2. The number of piperazine rings is 1. The van der Waals surface area contributed by atoms with Gasteiger partial charge in [-0.25, -0.2) is 9.98 Å². The van der Waals surface area contributed by atoms with Crippen LogP contribution in [0.1, 0.15) is 29.4 Å². The molecule has 0 radical (unpaired) electrons. The van der Waals surface area contributed by atoms with E-state index in [1.54, 1.807) is 11.3 Å². The van der Waals surface area contributed by atoms with Crippen LogP contribution in [0.5, 0.6) is 0 Å². The summed E-state index contributed by atoms with van der Waals surface area (Å²) in [4.78, 5) is 15.5. The zero-order valence-electron chi connectivity index (χ0n) is 15.6. The normalized spacial score (nSPS) is 17.2. The second-order valence-electron chi connectivity index (χ2n) is 6.15. The van der Waals surface area contributed by atoms with E-state index in [4.69, 9.17) is 0 Å². The Morgan fingerprint density at radius 1 is 1.12 bits per heavy atom. The maximum Gasteiger partial charge on any atom is 0.191 e. The fraction of sp³-hybridized carbons (Fsp3) is 0.765. The van der Waals surface area contributed by atoms with Crippen LogP contribution in [0.25, 0.3) is 0 Å². The Morgan fingerprint density at radius 2 is 1.83 bits per heavy atom. The Bertz CT molecular complexity index is 500. The number of rotatable bonds is 7. The van der Waals surface area contributed by atoms with Crippen LogP contribution in [0, 0.1) is 13.8 Å². The summed E-state index contributed by atoms with van der Waals surface area (Å²) in [5, 5.41) is 7.84. The summed E-state index contributed by atoms with van der Waals surface area (Å²) in [5.41, 5.74) is 1.12. The van der Waals surface area contributed by atoms with Crippen molar-refractivity contribution in [1.82, 2.24) is 25.4 Å². The number of nitrogens with zero attached hydrogens (tertiary/aromatic N) is 4. The van der Waals surface area contributed by atoms with Gasteiger partial charge < -0.3 is 15.5 Å². The highest BCUT2D eigenvalue weighted by Gasteiger charge is 2.14. The van der Waals surface area contributed by atoms with Gasteiger partial charge in [-0.05, 0) is 27.3 Å². The molecule has 0 aromatic carbocycles. The first-order valence-corrected chi connectivity index (χ1v) is 9.83. The van der Waals surface area contributed by atoms with Crippen molar-refractivity contribution in [3.05, 3.63) is 15.6 Å². The first kappa shape index (κ1) is 19.1. The Labute approximate surface area is 150 Å². The predicted octanol–water partition coefficient (Wildman–Crippen LogP) is 1.45. The number of likely N-dealkylation sites (N-methyl/N-ethyl adjacent to an activating group) is 1. The van der Waals surface area contributed by atoms with Crippen molar-refractivity contribution in [2.75, 3.05) is 52.4 Å². The molecule has 1 aliphatic heterocycles. The topological polar surface area (TPSA) is 55.8 Å². The molecule has 0 saturated carbocycles. The van der Waals surface area contributed by atoms with Gasteiger partial charge in [0.25, 0.3) is 0 Å². The number of thiazole rings is 1. The Kier molecular flexibility index (Phi) is 7.94. The number of guanidine groups is 1. The third-order valence-corrected chi connectivity index (χ3v) is 5.48. The maximum absolute atomic E-state index is 4.66. The summed E-state index contributed by atoms with van der Waals surface area (Å²) < 4.78 is 0. The number of hydrogen-bond acceptors (Lipinski definition) is 5. The van der Waals surface area contributed by atoms with Crippen LogP contribution < -0.4 is 10.6 Å². The minimum Gasteiger partial charge on any atom is -0.357 e. The molecule has 0 spiro atoms. The summed E-state index contributed by atoms with van der Waals surface area (Å²) >= 11 is 1.74. The van der Waals surface area contributed by atoms with Gasteiger partial charge in [0.15, 0.2) is 5.96 Å². The molecule has 1 saturated heterocycles. The van der Waals surface area contributed by atoms with Crippen LogP contribution in [0.2, 0.25) is 0 Å². The number of nitrogens with one attached hydrogen (secondary N) is 2. The Morgan fingerprint density at radius 3 is 2.42 bits per heavy atom. The molecule has 1 fully saturated rings. The standard InChI is InChI=1S/C17H32N6S/c1-5-18-17(20-13-16-21-14(3)15(4)24-16)19-7-8-23-11-9-22(6-2)10-12-23/h5-13H2,1-4H3,(H2,18,19,20). The minimum absolute atomic E-state index is 0.643. The Balaban J connectivity index is 1.75. The lowest BCUT2D eigenvalue weighted by atomic mass is 10.3. The molecule has 24 heavy (non-hydrogen) atoms. The SMILES string of the molecule is CCNC(=NCc1nc(C)c(C)s1)NCCN1CCN(CC)CC1. The molecule has 0 atom stereocenters. The largest absolute Gasteiger partial charge is 0.357 e. The molecule has 0 bridgehead atoms. The summed E-state index contributed by atoms with van der Waals surface area (Å²) in [7, 11) is 0. The first-order valence-electron chi connectivity index (χ1n) is 9.02. The van der Waals surface area contributed by atoms with Crippen molar-refractivity contribution in [2.24, 2.45) is 4.99 Å². The van der Waals surface area contributed by atoms with E-state index < -0.39 is 0 Å². The van der Waals surface area contributed by atoms with Crippen LogP contribution in [-0.4, -0.2) is 73.1 Å². The second kappa shape index (κ2) is 9.96. The van der Waals surface area contributed by atoms with Gasteiger partial charge in [0, 0.05) is 50.7 Å². The van der Waals surface area contributed by atoms with Crippen LogP contribution in [0.3, 0.4) is 0 Å². The lowest BCUT2D eigenvalue weighted by Crippen LogP contribution is -2.49. The van der Waals surface area contributed by atoms with Gasteiger partial charge in [-0.2, -0.15) is 0 Å². The molecule has 6 nitrogen and oxygen atoms in total. The molecule has 1 aromatic heterocycles. The summed E-state index contributed by atoms with van der Waals surface area (Å²) in [5.74, 6) is 0.884. The molecule has 2 rings (SSSR count). The van der Waals surface area contributed by atoms with Crippen LogP contribution >= 0.6 is 11.3 Å². The summed E-state index contributed by atoms with van der Waals surface area (Å²) in [6.07, 6.45) is 0. The molecule has 136 valence electrons. The quantitative estimate of drug-likeness (QED) is 0.575. The molecular weight excluding hydrogens is 320 g/mol. The van der Waals surface area contributed by atoms with Crippen molar-refractivity contribution in [3.63, 3.8) is 0 Å². The predicted molar refractivity (Wildman–Crippen MR) is 103 cm³/mol. The van der Waals surface area contributed by atoms with Gasteiger partial charge in [-0.3, -0.25) is 4.90 Å². The summed E-state index contributed by atoms with van der Waals surface area (Å²) in [6, 6.07) is 0. The molecule has 0 unspecified atom stereocenters. The molecule has 0 aliphatic carbocycles. The fourth-order valence-corrected chi connectivity index (χ4v) is 3.62. The van der Waals surface area contributed by atoms with Gasteiger partial charge in [-0.1, -0.05) is 6.92 Å². The summed E-state index contributed by atoms with van der Waals surface area (Å²) in [6.45, 7) is 17.9. The van der Waals surface area contributed by atoms with Crippen molar-refractivity contribution in [3.8, 4) is 0 Å². The average molecular weight is 353 g/mol. The first-order chi connectivity index (χ1) is 11.6. The van der Waals surface area contributed by atoms with Gasteiger partial charge in [-0.15, -0.1) is 11.3 Å². The minimum atomic E-state index is 0.643. The third-order valence-electron chi connectivity index (χ3n) is 4.42. The molecule has 2 N–H and O–H groups in total. The van der Waals surface area contributed by atoms with Crippen LogP contribution in [-0.2, 0) is 6.54 Å². The van der Waals surface area contributed by atoms with Crippen LogP contribution in [0.15, 0.2) is 4.99 Å². The average Bonchev–Trinajstić information content (AvgIpc) is 2.91. The van der Waals surface area contributed by atoms with E-state index >= 15 is 0 Å². The zero-order chi connectivity index (χ0) is 17.4.